The molecule has 0 aromatic heterocycles. The van der Waals surface area contributed by atoms with Gasteiger partial charge in [0.15, 0.2) is 0 Å². The number of nitrogens with zero attached hydrogens (tertiary/aromatic N) is 1. The molecule has 1 aromatic rings. The van der Waals surface area contributed by atoms with Gasteiger partial charge in [0.05, 0.1) is 17.9 Å². The maximum absolute atomic E-state index is 13.9. The number of carbonyl (C=O) groups excluding carboxylic acids is 3. The smallest absolute Gasteiger partial charge is 0.246 e. The third kappa shape index (κ3) is 3.97. The van der Waals surface area contributed by atoms with E-state index in [-0.39, 0.29) is 23.8 Å². The van der Waals surface area contributed by atoms with E-state index in [2.05, 4.69) is 10.6 Å². The molecule has 3 amide bonds. The van der Waals surface area contributed by atoms with E-state index < -0.39 is 35.1 Å². The number of ether oxygens (including phenoxy) is 1. The van der Waals surface area contributed by atoms with Crippen LogP contribution in [0.3, 0.4) is 0 Å². The van der Waals surface area contributed by atoms with Crippen molar-refractivity contribution in [3.8, 4) is 0 Å². The number of hydrogen-bond acceptors (Lipinski definition) is 4. The highest BCUT2D eigenvalue weighted by Crippen LogP contribution is 2.56. The molecule has 2 saturated heterocycles. The number of amides is 3. The van der Waals surface area contributed by atoms with Crippen molar-refractivity contribution < 1.29 is 19.1 Å². The fourth-order valence-corrected chi connectivity index (χ4v) is 6.50. The second-order valence-electron chi connectivity index (χ2n) is 11.4. The van der Waals surface area contributed by atoms with E-state index >= 15 is 0 Å². The topological polar surface area (TPSA) is 87.7 Å². The molecule has 1 aliphatic carbocycles. The molecule has 188 valence electrons. The normalized spacial score (nSPS) is 32.1. The number of halogens is 1. The molecule has 2 bridgehead atoms. The Morgan fingerprint density at radius 1 is 1.14 bits per heavy atom. The zero-order valence-electron chi connectivity index (χ0n) is 20.8. The van der Waals surface area contributed by atoms with Crippen LogP contribution in [0.5, 0.6) is 0 Å². The molecule has 1 saturated carbocycles. The zero-order valence-corrected chi connectivity index (χ0v) is 21.5. The third-order valence-corrected chi connectivity index (χ3v) is 8.35. The number of anilines is 1. The minimum absolute atomic E-state index is 0.108. The number of hydrogen-bond donors (Lipinski definition) is 2. The van der Waals surface area contributed by atoms with Crippen molar-refractivity contribution in [3.05, 3.63) is 40.9 Å². The number of aryl methyl sites for hydroxylation is 1. The van der Waals surface area contributed by atoms with Crippen molar-refractivity contribution in [2.24, 2.45) is 11.8 Å². The van der Waals surface area contributed by atoms with Gasteiger partial charge in [-0.05, 0) is 58.2 Å². The number of carbonyl (C=O) groups is 3. The quantitative estimate of drug-likeness (QED) is 0.613. The van der Waals surface area contributed by atoms with Crippen molar-refractivity contribution in [1.29, 1.82) is 0 Å². The maximum atomic E-state index is 13.9. The molecular formula is C27H34ClN3O4. The SMILES string of the molecule is Cc1ccc(NC(=O)[C@H]2[C@H]3C=C[C@]4(O3)[C@H](C(=O)NC3CCCCC3)N(C(C)(C)C)C(=O)[C@@H]24)cc1Cl. The van der Waals surface area contributed by atoms with Crippen LogP contribution in [0.2, 0.25) is 5.02 Å². The Hall–Kier alpha value is -2.38. The molecule has 35 heavy (non-hydrogen) atoms. The summed E-state index contributed by atoms with van der Waals surface area (Å²) in [7, 11) is 0. The third-order valence-electron chi connectivity index (χ3n) is 7.94. The molecule has 8 heteroatoms. The van der Waals surface area contributed by atoms with E-state index in [0.29, 0.717) is 10.7 Å². The van der Waals surface area contributed by atoms with Crippen LogP contribution in [-0.2, 0) is 19.1 Å². The Morgan fingerprint density at radius 2 is 1.86 bits per heavy atom. The number of rotatable bonds is 4. The van der Waals surface area contributed by atoms with E-state index in [9.17, 15) is 14.4 Å². The second-order valence-corrected chi connectivity index (χ2v) is 11.8. The minimum Gasteiger partial charge on any atom is -0.359 e. The fraction of sp³-hybridized carbons (Fsp3) is 0.593. The number of benzene rings is 1. The summed E-state index contributed by atoms with van der Waals surface area (Å²) in [4.78, 5) is 42.8. The van der Waals surface area contributed by atoms with Gasteiger partial charge >= 0.3 is 0 Å². The molecule has 0 radical (unpaired) electrons. The molecule has 2 N–H and O–H groups in total. The molecule has 1 spiro atoms. The Kier molecular flexibility index (Phi) is 5.99. The summed E-state index contributed by atoms with van der Waals surface area (Å²) < 4.78 is 6.40. The van der Waals surface area contributed by atoms with Gasteiger partial charge in [-0.3, -0.25) is 14.4 Å². The van der Waals surface area contributed by atoms with Crippen LogP contribution in [0, 0.1) is 18.8 Å². The van der Waals surface area contributed by atoms with Gasteiger partial charge in [-0.25, -0.2) is 0 Å². The molecule has 3 fully saturated rings. The van der Waals surface area contributed by atoms with Crippen LogP contribution < -0.4 is 10.6 Å². The molecule has 3 aliphatic heterocycles. The average Bonchev–Trinajstić information content (AvgIpc) is 3.44. The standard InChI is InChI=1S/C27H34ClN3O4/c1-15-10-11-17(14-18(15)28)30-23(32)20-19-12-13-27(35-19)21(20)25(34)31(26(2,3)4)22(27)24(33)29-16-8-6-5-7-9-16/h10-14,16,19-22H,5-9H2,1-4H3,(H,29,33)(H,30,32)/t19-,20+,21-,22+,27-/m1/s1. The van der Waals surface area contributed by atoms with Gasteiger partial charge in [0.2, 0.25) is 17.7 Å². The summed E-state index contributed by atoms with van der Waals surface area (Å²) in [6.45, 7) is 7.65. The Balaban J connectivity index is 1.46. The summed E-state index contributed by atoms with van der Waals surface area (Å²) in [6.07, 6.45) is 8.39. The minimum atomic E-state index is -1.15. The Morgan fingerprint density at radius 3 is 2.51 bits per heavy atom. The van der Waals surface area contributed by atoms with E-state index in [4.69, 9.17) is 16.3 Å². The Bertz CT molecular complexity index is 1090. The lowest BCUT2D eigenvalue weighted by atomic mass is 9.74. The van der Waals surface area contributed by atoms with Gasteiger partial charge in [0.1, 0.15) is 11.6 Å². The van der Waals surface area contributed by atoms with Gasteiger partial charge in [0, 0.05) is 22.3 Å². The average molecular weight is 500 g/mol. The first-order chi connectivity index (χ1) is 16.5. The van der Waals surface area contributed by atoms with Gasteiger partial charge in [0.25, 0.3) is 0 Å². The lowest BCUT2D eigenvalue weighted by molar-refractivity contribution is -0.146. The molecule has 7 nitrogen and oxygen atoms in total. The van der Waals surface area contributed by atoms with Crippen LogP contribution in [0.25, 0.3) is 0 Å². The summed E-state index contributed by atoms with van der Waals surface area (Å²) in [5.41, 5.74) is -0.295. The second kappa shape index (κ2) is 8.63. The highest BCUT2D eigenvalue weighted by molar-refractivity contribution is 6.31. The monoisotopic (exact) mass is 499 g/mol. The van der Waals surface area contributed by atoms with E-state index in [1.807, 2.05) is 45.9 Å². The first kappa shape index (κ1) is 24.3. The van der Waals surface area contributed by atoms with Crippen LogP contribution in [0.15, 0.2) is 30.4 Å². The van der Waals surface area contributed by atoms with Crippen molar-refractivity contribution in [1.82, 2.24) is 10.2 Å². The van der Waals surface area contributed by atoms with Gasteiger partial charge in [-0.2, -0.15) is 0 Å². The van der Waals surface area contributed by atoms with Gasteiger partial charge < -0.3 is 20.3 Å². The van der Waals surface area contributed by atoms with Crippen LogP contribution in [-0.4, -0.2) is 51.9 Å². The number of nitrogens with one attached hydrogen (secondary N) is 2. The van der Waals surface area contributed by atoms with Gasteiger partial charge in [-0.15, -0.1) is 0 Å². The summed E-state index contributed by atoms with van der Waals surface area (Å²) in [6, 6.07) is 4.61. The molecule has 4 aliphatic rings. The van der Waals surface area contributed by atoms with Gasteiger partial charge in [-0.1, -0.05) is 49.1 Å². The Labute approximate surface area is 211 Å². The molecule has 5 atom stereocenters. The highest BCUT2D eigenvalue weighted by atomic mass is 35.5. The number of fused-ring (bicyclic) bond motifs is 1. The molecule has 3 heterocycles. The van der Waals surface area contributed by atoms with Crippen LogP contribution in [0.1, 0.15) is 58.4 Å². The van der Waals surface area contributed by atoms with Crippen molar-refractivity contribution in [2.75, 3.05) is 5.32 Å². The lowest BCUT2D eigenvalue weighted by Crippen LogP contribution is -2.60. The predicted molar refractivity (Wildman–Crippen MR) is 134 cm³/mol. The summed E-state index contributed by atoms with van der Waals surface area (Å²) in [5.74, 6) is -2.21. The van der Waals surface area contributed by atoms with Crippen molar-refractivity contribution in [2.45, 2.75) is 89.1 Å². The van der Waals surface area contributed by atoms with E-state index in [1.54, 1.807) is 17.0 Å². The summed E-state index contributed by atoms with van der Waals surface area (Å²) >= 11 is 6.24. The lowest BCUT2D eigenvalue weighted by Gasteiger charge is -2.40. The predicted octanol–water partition coefficient (Wildman–Crippen LogP) is 3.98. The fourth-order valence-electron chi connectivity index (χ4n) is 6.31. The van der Waals surface area contributed by atoms with Crippen LogP contribution in [0.4, 0.5) is 5.69 Å². The van der Waals surface area contributed by atoms with Crippen molar-refractivity contribution in [3.63, 3.8) is 0 Å². The van der Waals surface area contributed by atoms with Crippen LogP contribution >= 0.6 is 11.6 Å². The largest absolute Gasteiger partial charge is 0.359 e. The highest BCUT2D eigenvalue weighted by Gasteiger charge is 2.73. The van der Waals surface area contributed by atoms with E-state index in [0.717, 1.165) is 31.2 Å². The first-order valence-electron chi connectivity index (χ1n) is 12.6. The first-order valence-corrected chi connectivity index (χ1v) is 13.0. The summed E-state index contributed by atoms with van der Waals surface area (Å²) in [5, 5.41) is 6.68. The molecule has 0 unspecified atom stereocenters. The molecular weight excluding hydrogens is 466 g/mol. The molecule has 5 rings (SSSR count). The zero-order chi connectivity index (χ0) is 25.1. The maximum Gasteiger partial charge on any atom is 0.246 e. The molecule has 1 aromatic carbocycles. The number of likely N-dealkylation sites (tertiary alicyclic amines) is 1. The van der Waals surface area contributed by atoms with E-state index in [1.165, 1.54) is 6.42 Å². The van der Waals surface area contributed by atoms with Crippen molar-refractivity contribution >= 4 is 35.0 Å².